The molecule has 0 aliphatic rings. The molecule has 18 heavy (non-hydrogen) atoms. The molecule has 0 bridgehead atoms. The van der Waals surface area contributed by atoms with Crippen molar-refractivity contribution in [3.8, 4) is 0 Å². The van der Waals surface area contributed by atoms with Gasteiger partial charge in [-0.05, 0) is 18.6 Å². The lowest BCUT2D eigenvalue weighted by atomic mass is 10.2. The Kier molecular flexibility index (Phi) is 3.47. The number of hydrogen-bond donors (Lipinski definition) is 2. The number of nitrogens with zero attached hydrogens (tertiary/aromatic N) is 1. The van der Waals surface area contributed by atoms with E-state index < -0.39 is 10.0 Å². The van der Waals surface area contributed by atoms with E-state index in [9.17, 15) is 8.42 Å². The second-order valence-corrected chi connectivity index (χ2v) is 6.58. The zero-order valence-corrected chi connectivity index (χ0v) is 11.7. The number of nitrogens with one attached hydrogen (secondary N) is 1. The van der Waals surface area contributed by atoms with Crippen LogP contribution in [0.3, 0.4) is 0 Å². The SMILES string of the molecule is Cc1ccccc1S(=O)(=O)Nc1nc(Cl)c(N)s1. The Morgan fingerprint density at radius 3 is 2.61 bits per heavy atom. The van der Waals surface area contributed by atoms with E-state index >= 15 is 0 Å². The summed E-state index contributed by atoms with van der Waals surface area (Å²) in [7, 11) is -3.66. The Morgan fingerprint density at radius 2 is 2.06 bits per heavy atom. The summed E-state index contributed by atoms with van der Waals surface area (Å²) in [4.78, 5) is 4.02. The summed E-state index contributed by atoms with van der Waals surface area (Å²) in [6.07, 6.45) is 0. The van der Waals surface area contributed by atoms with E-state index in [4.69, 9.17) is 17.3 Å². The Labute approximate surface area is 114 Å². The molecule has 3 N–H and O–H groups in total. The summed E-state index contributed by atoms with van der Waals surface area (Å²) in [6, 6.07) is 6.67. The van der Waals surface area contributed by atoms with Crippen molar-refractivity contribution in [3.05, 3.63) is 35.0 Å². The van der Waals surface area contributed by atoms with E-state index in [1.165, 1.54) is 6.07 Å². The molecule has 0 fully saturated rings. The molecule has 0 atom stereocenters. The number of nitrogen functional groups attached to an aromatic ring is 1. The van der Waals surface area contributed by atoms with Gasteiger partial charge in [0.1, 0.15) is 5.00 Å². The molecule has 0 saturated carbocycles. The fraction of sp³-hybridized carbons (Fsp3) is 0.100. The van der Waals surface area contributed by atoms with E-state index in [2.05, 4.69) is 9.71 Å². The number of hydrogen-bond acceptors (Lipinski definition) is 5. The fourth-order valence-corrected chi connectivity index (χ4v) is 3.74. The number of thiazole rings is 1. The van der Waals surface area contributed by atoms with Crippen LogP contribution >= 0.6 is 22.9 Å². The highest BCUT2D eigenvalue weighted by atomic mass is 35.5. The van der Waals surface area contributed by atoms with E-state index in [1.54, 1.807) is 25.1 Å². The lowest BCUT2D eigenvalue weighted by Gasteiger charge is -2.07. The van der Waals surface area contributed by atoms with Gasteiger partial charge in [-0.25, -0.2) is 13.4 Å². The first-order valence-electron chi connectivity index (χ1n) is 4.90. The predicted molar refractivity (Wildman–Crippen MR) is 73.5 cm³/mol. The van der Waals surface area contributed by atoms with Crippen molar-refractivity contribution in [1.82, 2.24) is 4.98 Å². The molecule has 8 heteroatoms. The summed E-state index contributed by atoms with van der Waals surface area (Å²) in [5, 5.41) is 0.530. The molecule has 2 rings (SSSR count). The van der Waals surface area contributed by atoms with Crippen LogP contribution in [-0.4, -0.2) is 13.4 Å². The molecule has 0 aliphatic heterocycles. The van der Waals surface area contributed by atoms with E-state index in [-0.39, 0.29) is 20.2 Å². The summed E-state index contributed by atoms with van der Waals surface area (Å²) in [5.41, 5.74) is 6.17. The molecule has 0 unspecified atom stereocenters. The van der Waals surface area contributed by atoms with Crippen LogP contribution in [0.2, 0.25) is 5.15 Å². The number of anilines is 2. The molecular weight excluding hydrogens is 294 g/mol. The number of aromatic nitrogens is 1. The Bertz CT molecular complexity index is 663. The van der Waals surface area contributed by atoms with Crippen molar-refractivity contribution in [2.24, 2.45) is 0 Å². The van der Waals surface area contributed by atoms with Gasteiger partial charge >= 0.3 is 0 Å². The van der Waals surface area contributed by atoms with Gasteiger partial charge in [0, 0.05) is 0 Å². The molecule has 5 nitrogen and oxygen atoms in total. The van der Waals surface area contributed by atoms with Gasteiger partial charge in [-0.15, -0.1) is 0 Å². The van der Waals surface area contributed by atoms with Gasteiger partial charge in [-0.2, -0.15) is 0 Å². The summed E-state index contributed by atoms with van der Waals surface area (Å²) >= 11 is 6.66. The van der Waals surface area contributed by atoms with Gasteiger partial charge in [0.15, 0.2) is 10.3 Å². The molecule has 1 aromatic carbocycles. The lowest BCUT2D eigenvalue weighted by molar-refractivity contribution is 0.600. The quantitative estimate of drug-likeness (QED) is 0.912. The maximum Gasteiger partial charge on any atom is 0.263 e. The molecule has 96 valence electrons. The van der Waals surface area contributed by atoms with Crippen LogP contribution < -0.4 is 10.5 Å². The number of halogens is 1. The standard InChI is InChI=1S/C10H10ClN3O2S2/c1-6-4-2-3-5-7(6)18(15,16)14-10-13-8(11)9(12)17-10/h2-5H,12H2,1H3,(H,13,14). The molecule has 1 heterocycles. The Balaban J connectivity index is 2.36. The van der Waals surface area contributed by atoms with Crippen LogP contribution in [0.25, 0.3) is 0 Å². The highest BCUT2D eigenvalue weighted by Gasteiger charge is 2.18. The molecule has 0 spiro atoms. The molecule has 0 saturated heterocycles. The van der Waals surface area contributed by atoms with Crippen molar-refractivity contribution in [1.29, 1.82) is 0 Å². The predicted octanol–water partition coefficient (Wildman–Crippen LogP) is 2.49. The minimum absolute atomic E-state index is 0.0995. The lowest BCUT2D eigenvalue weighted by Crippen LogP contribution is -2.13. The van der Waals surface area contributed by atoms with Gasteiger partial charge in [0.25, 0.3) is 10.0 Å². The fourth-order valence-electron chi connectivity index (χ4n) is 1.38. The van der Waals surface area contributed by atoms with Crippen LogP contribution in [-0.2, 0) is 10.0 Å². The van der Waals surface area contributed by atoms with E-state index in [1.807, 2.05) is 0 Å². The molecule has 0 radical (unpaired) electrons. The second kappa shape index (κ2) is 4.75. The first kappa shape index (κ1) is 13.1. The first-order valence-corrected chi connectivity index (χ1v) is 7.58. The smallest absolute Gasteiger partial charge is 0.263 e. The minimum atomic E-state index is -3.66. The van der Waals surface area contributed by atoms with Gasteiger partial charge in [-0.1, -0.05) is 41.1 Å². The third-order valence-corrected chi connectivity index (χ3v) is 5.04. The number of nitrogens with two attached hydrogens (primary N) is 1. The zero-order chi connectivity index (χ0) is 13.3. The largest absolute Gasteiger partial charge is 0.388 e. The maximum atomic E-state index is 12.1. The van der Waals surface area contributed by atoms with Gasteiger partial charge < -0.3 is 5.73 Å². The normalized spacial score (nSPS) is 11.4. The van der Waals surface area contributed by atoms with Crippen LogP contribution in [0.5, 0.6) is 0 Å². The van der Waals surface area contributed by atoms with Crippen molar-refractivity contribution in [2.75, 3.05) is 10.5 Å². The minimum Gasteiger partial charge on any atom is -0.388 e. The van der Waals surface area contributed by atoms with E-state index in [0.717, 1.165) is 11.3 Å². The zero-order valence-electron chi connectivity index (χ0n) is 9.34. The maximum absolute atomic E-state index is 12.1. The number of aryl methyl sites for hydroxylation is 1. The van der Waals surface area contributed by atoms with Crippen molar-refractivity contribution in [2.45, 2.75) is 11.8 Å². The van der Waals surface area contributed by atoms with Gasteiger partial charge in [-0.3, -0.25) is 4.72 Å². The van der Waals surface area contributed by atoms with Crippen LogP contribution in [0.15, 0.2) is 29.2 Å². The molecular formula is C10H10ClN3O2S2. The second-order valence-electron chi connectivity index (χ2n) is 3.55. The third kappa shape index (κ3) is 2.58. The third-order valence-electron chi connectivity index (χ3n) is 2.21. The van der Waals surface area contributed by atoms with Gasteiger partial charge in [0.2, 0.25) is 0 Å². The average Bonchev–Trinajstić information content (AvgIpc) is 2.57. The monoisotopic (exact) mass is 303 g/mol. The molecule has 0 amide bonds. The molecule has 2 aromatic rings. The van der Waals surface area contributed by atoms with Crippen molar-refractivity contribution in [3.63, 3.8) is 0 Å². The van der Waals surface area contributed by atoms with Gasteiger partial charge in [0.05, 0.1) is 4.90 Å². The topological polar surface area (TPSA) is 85.1 Å². The van der Waals surface area contributed by atoms with Crippen LogP contribution in [0.1, 0.15) is 5.56 Å². The Hall–Kier alpha value is -1.31. The number of rotatable bonds is 3. The highest BCUT2D eigenvalue weighted by Crippen LogP contribution is 2.30. The Morgan fingerprint density at radius 1 is 1.39 bits per heavy atom. The number of sulfonamides is 1. The first-order chi connectivity index (χ1) is 8.40. The summed E-state index contributed by atoms with van der Waals surface area (Å²) in [6.45, 7) is 1.72. The molecule has 0 aliphatic carbocycles. The summed E-state index contributed by atoms with van der Waals surface area (Å²) < 4.78 is 26.6. The highest BCUT2D eigenvalue weighted by molar-refractivity contribution is 7.93. The number of benzene rings is 1. The summed E-state index contributed by atoms with van der Waals surface area (Å²) in [5.74, 6) is 0. The average molecular weight is 304 g/mol. The molecule has 1 aromatic heterocycles. The van der Waals surface area contributed by atoms with Crippen LogP contribution in [0, 0.1) is 6.92 Å². The van der Waals surface area contributed by atoms with Crippen LogP contribution in [0.4, 0.5) is 10.1 Å². The van der Waals surface area contributed by atoms with Crippen molar-refractivity contribution < 1.29 is 8.42 Å². The van der Waals surface area contributed by atoms with Crippen molar-refractivity contribution >= 4 is 43.1 Å². The van der Waals surface area contributed by atoms with E-state index in [0.29, 0.717) is 5.56 Å².